The molecule has 0 unspecified atom stereocenters. The molecule has 2 atom stereocenters. The van der Waals surface area contributed by atoms with E-state index in [1.807, 2.05) is 19.1 Å². The maximum Gasteiger partial charge on any atom is 0.263 e. The van der Waals surface area contributed by atoms with Crippen molar-refractivity contribution in [3.8, 4) is 0 Å². The van der Waals surface area contributed by atoms with Crippen molar-refractivity contribution in [1.29, 1.82) is 0 Å². The third-order valence-corrected chi connectivity index (χ3v) is 4.89. The van der Waals surface area contributed by atoms with Gasteiger partial charge in [-0.1, -0.05) is 24.3 Å². The minimum absolute atomic E-state index is 0.226. The van der Waals surface area contributed by atoms with Crippen molar-refractivity contribution < 1.29 is 18.8 Å². The predicted molar refractivity (Wildman–Crippen MR) is 102 cm³/mol. The lowest BCUT2D eigenvalue weighted by atomic mass is 10.1. The molecule has 1 N–H and O–H groups in total. The van der Waals surface area contributed by atoms with Gasteiger partial charge in [0.2, 0.25) is 5.91 Å². The van der Waals surface area contributed by atoms with Crippen LogP contribution in [0.5, 0.6) is 0 Å². The van der Waals surface area contributed by atoms with Gasteiger partial charge in [-0.15, -0.1) is 0 Å². The number of nitrogens with one attached hydrogen (secondary N) is 1. The van der Waals surface area contributed by atoms with Gasteiger partial charge in [0.15, 0.2) is 12.1 Å². The molecule has 2 aliphatic rings. The van der Waals surface area contributed by atoms with E-state index in [9.17, 15) is 18.8 Å². The van der Waals surface area contributed by atoms with Crippen molar-refractivity contribution in [3.63, 3.8) is 0 Å². The molecule has 3 amide bonds. The normalized spacial score (nSPS) is 20.3. The van der Waals surface area contributed by atoms with Crippen LogP contribution in [0.2, 0.25) is 0 Å². The van der Waals surface area contributed by atoms with E-state index >= 15 is 0 Å². The number of nitrogens with zero attached hydrogens (tertiary/aromatic N) is 4. The van der Waals surface area contributed by atoms with Gasteiger partial charge >= 0.3 is 0 Å². The van der Waals surface area contributed by atoms with E-state index in [1.165, 1.54) is 29.3 Å². The molecule has 0 aliphatic carbocycles. The molecular formula is C20H18FN5O3. The van der Waals surface area contributed by atoms with Crippen LogP contribution in [0, 0.1) is 5.82 Å². The number of hydrogen-bond acceptors (Lipinski definition) is 6. The van der Waals surface area contributed by atoms with Gasteiger partial charge in [-0.25, -0.2) is 9.29 Å². The minimum atomic E-state index is -1.01. The summed E-state index contributed by atoms with van der Waals surface area (Å²) in [4.78, 5) is 38.8. The predicted octanol–water partition coefficient (Wildman–Crippen LogP) is 2.32. The molecule has 2 aromatic rings. The Hall–Kier alpha value is -3.62. The van der Waals surface area contributed by atoms with Crippen molar-refractivity contribution in [3.05, 3.63) is 59.9 Å². The Morgan fingerprint density at radius 3 is 2.41 bits per heavy atom. The lowest BCUT2D eigenvalue weighted by Gasteiger charge is -2.20. The van der Waals surface area contributed by atoms with E-state index < -0.39 is 29.7 Å². The zero-order valence-corrected chi connectivity index (χ0v) is 15.6. The maximum atomic E-state index is 13.2. The number of benzene rings is 2. The van der Waals surface area contributed by atoms with Gasteiger partial charge in [-0.05, 0) is 48.4 Å². The third-order valence-electron chi connectivity index (χ3n) is 4.89. The summed E-state index contributed by atoms with van der Waals surface area (Å²) in [6, 6.07) is 10.5. The maximum absolute atomic E-state index is 13.2. The van der Waals surface area contributed by atoms with Gasteiger partial charge in [-0.2, -0.15) is 5.11 Å². The molecule has 4 rings (SSSR count). The Labute approximate surface area is 166 Å². The summed E-state index contributed by atoms with van der Waals surface area (Å²) >= 11 is 0. The fourth-order valence-corrected chi connectivity index (χ4v) is 3.37. The number of halogens is 1. The number of fused-ring (bicyclic) bond motifs is 1. The Kier molecular flexibility index (Phi) is 4.79. The van der Waals surface area contributed by atoms with E-state index in [-0.39, 0.29) is 18.1 Å². The first-order valence-electron chi connectivity index (χ1n) is 9.17. The lowest BCUT2D eigenvalue weighted by Crippen LogP contribution is -2.43. The largest absolute Gasteiger partial charge is 0.324 e. The highest BCUT2D eigenvalue weighted by atomic mass is 19.1. The highest BCUT2D eigenvalue weighted by molar-refractivity contribution is 6.25. The smallest absolute Gasteiger partial charge is 0.263 e. The number of amides is 3. The first-order valence-corrected chi connectivity index (χ1v) is 9.17. The molecule has 2 heterocycles. The highest BCUT2D eigenvalue weighted by Crippen LogP contribution is 2.31. The Morgan fingerprint density at radius 1 is 1.07 bits per heavy atom. The molecule has 148 valence electrons. The quantitative estimate of drug-likeness (QED) is 0.786. The van der Waals surface area contributed by atoms with Crippen molar-refractivity contribution in [2.75, 3.05) is 16.8 Å². The summed E-state index contributed by atoms with van der Waals surface area (Å²) in [7, 11) is 0. The van der Waals surface area contributed by atoms with Crippen LogP contribution in [0.4, 0.5) is 15.8 Å². The SMILES string of the molecule is CCc1ccc(NC(=O)CN2N=N[C@@H]3C(=O)N(c4ccc(F)cc4)C(=O)[C@@H]32)cc1. The van der Waals surface area contributed by atoms with Crippen molar-refractivity contribution in [1.82, 2.24) is 5.01 Å². The summed E-state index contributed by atoms with van der Waals surface area (Å²) < 4.78 is 13.2. The number of rotatable bonds is 5. The molecule has 0 saturated carbocycles. The van der Waals surface area contributed by atoms with Crippen molar-refractivity contribution >= 4 is 29.1 Å². The average Bonchev–Trinajstić information content (AvgIpc) is 3.23. The molecule has 0 spiro atoms. The van der Waals surface area contributed by atoms with Gasteiger partial charge in [0.1, 0.15) is 12.4 Å². The minimum Gasteiger partial charge on any atom is -0.324 e. The highest BCUT2D eigenvalue weighted by Gasteiger charge is 2.55. The van der Waals surface area contributed by atoms with Gasteiger partial charge < -0.3 is 5.32 Å². The fourth-order valence-electron chi connectivity index (χ4n) is 3.37. The number of carbonyl (C=O) groups excluding carboxylic acids is 3. The molecule has 2 aliphatic heterocycles. The van der Waals surface area contributed by atoms with Crippen LogP contribution in [0.1, 0.15) is 12.5 Å². The topological polar surface area (TPSA) is 94.4 Å². The molecule has 0 aromatic heterocycles. The molecule has 8 nitrogen and oxygen atoms in total. The van der Waals surface area contributed by atoms with Crippen LogP contribution in [0.15, 0.2) is 58.9 Å². The lowest BCUT2D eigenvalue weighted by molar-refractivity contribution is -0.123. The average molecular weight is 395 g/mol. The summed E-state index contributed by atoms with van der Waals surface area (Å²) in [6.07, 6.45) is 0.895. The number of hydrogen-bond donors (Lipinski definition) is 1. The van der Waals surface area contributed by atoms with E-state index in [1.54, 1.807) is 12.1 Å². The number of imide groups is 1. The number of carbonyl (C=O) groups is 3. The molecule has 29 heavy (non-hydrogen) atoms. The fraction of sp³-hybridized carbons (Fsp3) is 0.250. The van der Waals surface area contributed by atoms with Crippen LogP contribution >= 0.6 is 0 Å². The van der Waals surface area contributed by atoms with E-state index in [0.717, 1.165) is 16.9 Å². The first kappa shape index (κ1) is 18.7. The second kappa shape index (κ2) is 7.42. The Bertz CT molecular complexity index is 990. The number of aryl methyl sites for hydroxylation is 1. The van der Waals surface area contributed by atoms with Crippen LogP contribution in [-0.2, 0) is 20.8 Å². The van der Waals surface area contributed by atoms with Crippen molar-refractivity contribution in [2.45, 2.75) is 25.4 Å². The van der Waals surface area contributed by atoms with E-state index in [4.69, 9.17) is 0 Å². The monoisotopic (exact) mass is 395 g/mol. The number of anilines is 2. The zero-order chi connectivity index (χ0) is 20.5. The Morgan fingerprint density at radius 2 is 1.76 bits per heavy atom. The molecule has 2 aromatic carbocycles. The molecule has 0 bridgehead atoms. The van der Waals surface area contributed by atoms with Crippen molar-refractivity contribution in [2.24, 2.45) is 10.3 Å². The molecule has 0 radical (unpaired) electrons. The van der Waals surface area contributed by atoms with Crippen LogP contribution in [-0.4, -0.2) is 41.4 Å². The third kappa shape index (κ3) is 3.46. The van der Waals surface area contributed by atoms with Gasteiger partial charge in [0.05, 0.1) is 5.69 Å². The molecule has 1 fully saturated rings. The molecule has 9 heteroatoms. The summed E-state index contributed by atoms with van der Waals surface area (Å²) in [5.74, 6) is -1.95. The first-order chi connectivity index (χ1) is 14.0. The summed E-state index contributed by atoms with van der Waals surface area (Å²) in [5.41, 5.74) is 2.03. The zero-order valence-electron chi connectivity index (χ0n) is 15.6. The molecule has 1 saturated heterocycles. The van der Waals surface area contributed by atoms with E-state index in [0.29, 0.717) is 5.69 Å². The summed E-state index contributed by atoms with van der Waals surface area (Å²) in [5, 5.41) is 11.7. The summed E-state index contributed by atoms with van der Waals surface area (Å²) in [6.45, 7) is 1.81. The van der Waals surface area contributed by atoms with Gasteiger partial charge in [0, 0.05) is 5.69 Å². The second-order valence-corrected chi connectivity index (χ2v) is 6.78. The second-order valence-electron chi connectivity index (χ2n) is 6.78. The van der Waals surface area contributed by atoms with E-state index in [2.05, 4.69) is 15.7 Å². The van der Waals surface area contributed by atoms with Crippen LogP contribution in [0.3, 0.4) is 0 Å². The van der Waals surface area contributed by atoms with Crippen LogP contribution < -0.4 is 10.2 Å². The van der Waals surface area contributed by atoms with Crippen LogP contribution in [0.25, 0.3) is 0 Å². The molecular weight excluding hydrogens is 377 g/mol. The standard InChI is InChI=1S/C20H18FN5O3/c1-2-12-3-7-14(8-4-12)22-16(27)11-25-18-17(23-24-25)19(28)26(20(18)29)15-9-5-13(21)6-10-15/h3-10,17-18H,2,11H2,1H3,(H,22,27)/t17-,18+/m0/s1. The van der Waals surface area contributed by atoms with Gasteiger partial charge in [-0.3, -0.25) is 19.4 Å². The van der Waals surface area contributed by atoms with Gasteiger partial charge in [0.25, 0.3) is 11.8 Å². The Balaban J connectivity index is 1.45.